The van der Waals surface area contributed by atoms with Crippen LogP contribution in [0.3, 0.4) is 0 Å². The highest BCUT2D eigenvalue weighted by atomic mass is 127. The van der Waals surface area contributed by atoms with Crippen LogP contribution < -0.4 is 0 Å². The smallest absolute Gasteiger partial charge is 0.132 e. The Kier molecular flexibility index (Phi) is 2.34. The number of hydrogen-bond donors (Lipinski definition) is 0. The number of halogens is 1. The zero-order chi connectivity index (χ0) is 5.11. The maximum atomic E-state index is 5.14. The van der Waals surface area contributed by atoms with Crippen LogP contribution in [-0.4, -0.2) is 23.9 Å². The van der Waals surface area contributed by atoms with Crippen LogP contribution in [0.1, 0.15) is 0 Å². The van der Waals surface area contributed by atoms with E-state index in [0.29, 0.717) is 0 Å². The summed E-state index contributed by atoms with van der Waals surface area (Å²) in [6.07, 6.45) is 0. The molecule has 1 heterocycles. The molecule has 1 rings (SSSR count). The molecule has 0 unspecified atom stereocenters. The normalized spacial score (nSPS) is 33.0. The first kappa shape index (κ1) is 5.78. The van der Waals surface area contributed by atoms with Gasteiger partial charge in [0.25, 0.3) is 0 Å². The molecule has 0 aromatic heterocycles. The summed E-state index contributed by atoms with van der Waals surface area (Å²) in [5.74, 6) is 0. The molecular weight excluding hydrogens is 207 g/mol. The third kappa shape index (κ3) is 1.92. The summed E-state index contributed by atoms with van der Waals surface area (Å²) < 4.78 is 10.5. The van der Waals surface area contributed by atoms with E-state index in [9.17, 15) is 0 Å². The largest absolute Gasteiger partial charge is 0.376 e. The van der Waals surface area contributed by atoms with Gasteiger partial charge in [-0.1, -0.05) is 0 Å². The van der Waals surface area contributed by atoms with Crippen molar-refractivity contribution < 1.29 is 9.47 Å². The lowest BCUT2D eigenvalue weighted by atomic mass is 10.6. The van der Waals surface area contributed by atoms with Crippen LogP contribution >= 0.6 is 22.6 Å². The Morgan fingerprint density at radius 3 is 2.57 bits per heavy atom. The van der Waals surface area contributed by atoms with Gasteiger partial charge in [-0.15, -0.1) is 0 Å². The van der Waals surface area contributed by atoms with E-state index in [1.165, 1.54) is 0 Å². The molecule has 7 heavy (non-hydrogen) atoms. The molecule has 2 nitrogen and oxygen atoms in total. The molecule has 0 N–H and O–H groups in total. The van der Waals surface area contributed by atoms with Gasteiger partial charge in [0, 0.05) is 0 Å². The first-order valence-electron chi connectivity index (χ1n) is 2.23. The summed E-state index contributed by atoms with van der Waals surface area (Å²) in [7, 11) is 0. The Labute approximate surface area is 56.3 Å². The molecule has 0 saturated carbocycles. The lowest BCUT2D eigenvalue weighted by Crippen LogP contribution is -2.22. The number of hydrogen-bond acceptors (Lipinski definition) is 2. The van der Waals surface area contributed by atoms with Crippen LogP contribution in [0.4, 0.5) is 0 Å². The lowest BCUT2D eigenvalue weighted by Gasteiger charge is -2.16. The monoisotopic (exact) mass is 214 g/mol. The Morgan fingerprint density at radius 2 is 2.29 bits per heavy atom. The molecule has 42 valence electrons. The van der Waals surface area contributed by atoms with Gasteiger partial charge >= 0.3 is 0 Å². The molecule has 0 spiro atoms. The van der Waals surface area contributed by atoms with Crippen LogP contribution in [0.25, 0.3) is 0 Å². The molecule has 0 bridgehead atoms. The van der Waals surface area contributed by atoms with E-state index in [-0.39, 0.29) is 4.11 Å². The molecule has 1 aliphatic heterocycles. The highest BCUT2D eigenvalue weighted by molar-refractivity contribution is 14.1. The van der Waals surface area contributed by atoms with E-state index in [1.54, 1.807) is 0 Å². The summed E-state index contributed by atoms with van der Waals surface area (Å²) in [5, 5.41) is 0. The maximum absolute atomic E-state index is 5.14. The van der Waals surface area contributed by atoms with Crippen molar-refractivity contribution in [3.05, 3.63) is 0 Å². The second-order valence-corrected chi connectivity index (χ2v) is 2.75. The average molecular weight is 214 g/mol. The minimum Gasteiger partial charge on any atom is -0.376 e. The minimum absolute atomic E-state index is 0.284. The predicted molar refractivity (Wildman–Crippen MR) is 34.6 cm³/mol. The summed E-state index contributed by atoms with van der Waals surface area (Å²) in [4.78, 5) is 0. The fourth-order valence-corrected chi connectivity index (χ4v) is 0.968. The van der Waals surface area contributed by atoms with Gasteiger partial charge in [0.1, 0.15) is 4.11 Å². The Morgan fingerprint density at radius 1 is 1.43 bits per heavy atom. The molecule has 0 aromatic carbocycles. The van der Waals surface area contributed by atoms with Crippen molar-refractivity contribution in [2.45, 2.75) is 4.11 Å². The highest BCUT2D eigenvalue weighted by Gasteiger charge is 2.07. The lowest BCUT2D eigenvalue weighted by molar-refractivity contribution is -0.0426. The van der Waals surface area contributed by atoms with Gasteiger partial charge in [-0.3, -0.25) is 0 Å². The first-order chi connectivity index (χ1) is 3.39. The summed E-state index contributed by atoms with van der Waals surface area (Å²) >= 11 is 2.21. The summed E-state index contributed by atoms with van der Waals surface area (Å²) in [6, 6.07) is 0. The zero-order valence-corrected chi connectivity index (χ0v) is 6.05. The van der Waals surface area contributed by atoms with E-state index in [2.05, 4.69) is 22.6 Å². The van der Waals surface area contributed by atoms with Crippen molar-refractivity contribution in [3.63, 3.8) is 0 Å². The highest BCUT2D eigenvalue weighted by Crippen LogP contribution is 2.06. The van der Waals surface area contributed by atoms with Crippen LogP contribution in [0.2, 0.25) is 0 Å². The SMILES string of the molecule is I[C@H]1COCCO1. The van der Waals surface area contributed by atoms with Gasteiger partial charge in [-0.25, -0.2) is 0 Å². The van der Waals surface area contributed by atoms with Crippen molar-refractivity contribution in [3.8, 4) is 0 Å². The summed E-state index contributed by atoms with van der Waals surface area (Å²) in [6.45, 7) is 2.27. The molecule has 1 aliphatic rings. The van der Waals surface area contributed by atoms with Gasteiger partial charge < -0.3 is 9.47 Å². The van der Waals surface area contributed by atoms with Crippen molar-refractivity contribution in [1.82, 2.24) is 0 Å². The topological polar surface area (TPSA) is 18.5 Å². The Bertz CT molecular complexity index is 51.7. The fourth-order valence-electron chi connectivity index (χ4n) is 0.459. The van der Waals surface area contributed by atoms with Crippen molar-refractivity contribution in [2.75, 3.05) is 19.8 Å². The second-order valence-electron chi connectivity index (χ2n) is 1.36. The number of rotatable bonds is 0. The molecule has 0 amide bonds. The Hall–Kier alpha value is 0.650. The standard InChI is InChI=1S/C4H7IO2/c5-4-3-6-1-2-7-4/h4H,1-3H2/t4-/m1/s1. The molecule has 0 aromatic rings. The van der Waals surface area contributed by atoms with Gasteiger partial charge in [0.15, 0.2) is 0 Å². The van der Waals surface area contributed by atoms with Gasteiger partial charge in [-0.05, 0) is 22.6 Å². The number of alkyl halides is 1. The molecule has 3 heteroatoms. The molecule has 0 radical (unpaired) electrons. The minimum atomic E-state index is 0.284. The Balaban J connectivity index is 2.12. The quantitative estimate of drug-likeness (QED) is 0.438. The van der Waals surface area contributed by atoms with Crippen LogP contribution in [-0.2, 0) is 9.47 Å². The van der Waals surface area contributed by atoms with Gasteiger partial charge in [0.05, 0.1) is 19.8 Å². The predicted octanol–water partition coefficient (Wildman–Crippen LogP) is 0.794. The first-order valence-corrected chi connectivity index (χ1v) is 3.47. The molecule has 1 atom stereocenters. The van der Waals surface area contributed by atoms with E-state index >= 15 is 0 Å². The van der Waals surface area contributed by atoms with Crippen LogP contribution in [0, 0.1) is 0 Å². The van der Waals surface area contributed by atoms with E-state index in [1.807, 2.05) is 0 Å². The van der Waals surface area contributed by atoms with Crippen molar-refractivity contribution >= 4 is 22.6 Å². The van der Waals surface area contributed by atoms with Crippen LogP contribution in [0.5, 0.6) is 0 Å². The van der Waals surface area contributed by atoms with E-state index < -0.39 is 0 Å². The van der Waals surface area contributed by atoms with E-state index in [0.717, 1.165) is 19.8 Å². The maximum Gasteiger partial charge on any atom is 0.132 e. The molecule has 1 fully saturated rings. The zero-order valence-electron chi connectivity index (χ0n) is 3.89. The van der Waals surface area contributed by atoms with Crippen molar-refractivity contribution in [1.29, 1.82) is 0 Å². The van der Waals surface area contributed by atoms with E-state index in [4.69, 9.17) is 9.47 Å². The third-order valence-electron chi connectivity index (χ3n) is 0.775. The number of ether oxygens (including phenoxy) is 2. The average Bonchev–Trinajstić information content (AvgIpc) is 1.69. The second kappa shape index (κ2) is 2.84. The van der Waals surface area contributed by atoms with Gasteiger partial charge in [-0.2, -0.15) is 0 Å². The molecule has 0 aliphatic carbocycles. The summed E-state index contributed by atoms with van der Waals surface area (Å²) in [5.41, 5.74) is 0. The van der Waals surface area contributed by atoms with Gasteiger partial charge in [0.2, 0.25) is 0 Å². The fraction of sp³-hybridized carbons (Fsp3) is 1.00. The molecular formula is C4H7IO2. The van der Waals surface area contributed by atoms with Crippen molar-refractivity contribution in [2.24, 2.45) is 0 Å². The van der Waals surface area contributed by atoms with Crippen LogP contribution in [0.15, 0.2) is 0 Å². The molecule has 1 saturated heterocycles. The third-order valence-corrected chi connectivity index (χ3v) is 1.49.